The first-order valence-corrected chi connectivity index (χ1v) is 14.3. The largest absolute Gasteiger partial charge is 0.467 e. The fourth-order valence-electron chi connectivity index (χ4n) is 2.78. The minimum atomic E-state index is -1.92. The molecule has 3 amide bonds. The number of alkyl halides is 3. The van der Waals surface area contributed by atoms with Crippen molar-refractivity contribution in [1.29, 1.82) is 0 Å². The van der Waals surface area contributed by atoms with Crippen LogP contribution in [0.5, 0.6) is 0 Å². The summed E-state index contributed by atoms with van der Waals surface area (Å²) in [6.07, 6.45) is -0.123. The summed E-state index contributed by atoms with van der Waals surface area (Å²) in [5, 5.41) is 6.88. The Balaban J connectivity index is 5.79. The molecule has 14 nitrogen and oxygen atoms in total. The maximum absolute atomic E-state index is 12.8. The van der Waals surface area contributed by atoms with Gasteiger partial charge in [0.25, 0.3) is 0 Å². The molecule has 0 aliphatic rings. The third-order valence-electron chi connectivity index (χ3n) is 4.87. The lowest BCUT2D eigenvalue weighted by atomic mass is 10.1. The SMILES string of the molecule is CCCCOC(=O)[C@@H](C/C=C/[C@H](NC(=O)OCC(Cl)(Cl)Cl)C(=O)N[C@H](C)C(=O)OC)OC(=O)[C@H](C)NC(=O)OC(C)(C)C. The lowest BCUT2D eigenvalue weighted by Crippen LogP contribution is -2.50. The topological polar surface area (TPSA) is 185 Å². The van der Waals surface area contributed by atoms with Gasteiger partial charge in [-0.25, -0.2) is 24.0 Å². The Kier molecular flexibility index (Phi) is 18.0. The zero-order chi connectivity index (χ0) is 33.4. The van der Waals surface area contributed by atoms with Gasteiger partial charge in [-0.2, -0.15) is 0 Å². The number of nitrogens with one attached hydrogen (secondary N) is 3. The van der Waals surface area contributed by atoms with E-state index in [0.717, 1.165) is 19.6 Å². The standard InChI is InChI=1S/C26H40Cl3N3O11/c1-8-9-13-40-22(36)18(42-21(35)16(3)31-24(38)43-25(4,5)6)12-10-11-17(19(33)30-15(2)20(34)39-7)32-23(37)41-14-26(27,28)29/h10-11,15-18H,8-9,12-14H2,1-7H3,(H,30,33)(H,31,38)(H,32,37)/b11-10+/t15-,16+,17+,18-/m1/s1. The molecule has 0 bridgehead atoms. The molecule has 3 N–H and O–H groups in total. The van der Waals surface area contributed by atoms with Crippen LogP contribution in [0.25, 0.3) is 0 Å². The first-order valence-electron chi connectivity index (χ1n) is 13.2. The highest BCUT2D eigenvalue weighted by molar-refractivity contribution is 6.67. The number of amides is 3. The number of rotatable bonds is 15. The van der Waals surface area contributed by atoms with E-state index in [0.29, 0.717) is 6.42 Å². The van der Waals surface area contributed by atoms with Gasteiger partial charge in [0.1, 0.15) is 30.3 Å². The molecule has 43 heavy (non-hydrogen) atoms. The Labute approximate surface area is 265 Å². The minimum Gasteiger partial charge on any atom is -0.467 e. The summed E-state index contributed by atoms with van der Waals surface area (Å²) in [7, 11) is 1.12. The number of methoxy groups -OCH3 is 1. The van der Waals surface area contributed by atoms with E-state index in [9.17, 15) is 28.8 Å². The van der Waals surface area contributed by atoms with Gasteiger partial charge >= 0.3 is 30.1 Å². The number of alkyl carbamates (subject to hydrolysis) is 2. The molecule has 0 fully saturated rings. The maximum atomic E-state index is 12.8. The zero-order valence-electron chi connectivity index (χ0n) is 25.1. The second-order valence-electron chi connectivity index (χ2n) is 10.0. The monoisotopic (exact) mass is 675 g/mol. The normalized spacial score (nSPS) is 14.4. The van der Waals surface area contributed by atoms with Crippen LogP contribution in [0, 0.1) is 0 Å². The molecule has 0 aliphatic heterocycles. The van der Waals surface area contributed by atoms with Crippen LogP contribution < -0.4 is 16.0 Å². The van der Waals surface area contributed by atoms with Crippen molar-refractivity contribution in [2.45, 2.75) is 94.4 Å². The van der Waals surface area contributed by atoms with E-state index < -0.39 is 76.2 Å². The highest BCUT2D eigenvalue weighted by Gasteiger charge is 2.30. The van der Waals surface area contributed by atoms with E-state index in [2.05, 4.69) is 20.7 Å². The molecule has 0 aromatic heterocycles. The van der Waals surface area contributed by atoms with Gasteiger partial charge in [-0.3, -0.25) is 4.79 Å². The van der Waals surface area contributed by atoms with Crippen molar-refractivity contribution in [3.05, 3.63) is 12.2 Å². The predicted molar refractivity (Wildman–Crippen MR) is 157 cm³/mol. The molecule has 0 aromatic carbocycles. The Hall–Kier alpha value is -2.97. The van der Waals surface area contributed by atoms with Crippen molar-refractivity contribution in [1.82, 2.24) is 16.0 Å². The van der Waals surface area contributed by atoms with Crippen molar-refractivity contribution in [3.8, 4) is 0 Å². The average molecular weight is 677 g/mol. The van der Waals surface area contributed by atoms with E-state index >= 15 is 0 Å². The second kappa shape index (κ2) is 19.3. The van der Waals surface area contributed by atoms with Crippen molar-refractivity contribution in [2.75, 3.05) is 20.3 Å². The van der Waals surface area contributed by atoms with Crippen molar-refractivity contribution in [3.63, 3.8) is 0 Å². The first kappa shape index (κ1) is 40.0. The Morgan fingerprint density at radius 1 is 0.837 bits per heavy atom. The molecule has 17 heteroatoms. The first-order chi connectivity index (χ1) is 19.8. The van der Waals surface area contributed by atoms with Gasteiger partial charge in [0, 0.05) is 6.42 Å². The minimum absolute atomic E-state index is 0.0614. The lowest BCUT2D eigenvalue weighted by Gasteiger charge is -2.22. The lowest BCUT2D eigenvalue weighted by molar-refractivity contribution is -0.168. The Morgan fingerprint density at radius 3 is 1.98 bits per heavy atom. The molecule has 246 valence electrons. The van der Waals surface area contributed by atoms with Gasteiger partial charge < -0.3 is 39.6 Å². The van der Waals surface area contributed by atoms with Crippen molar-refractivity contribution in [2.24, 2.45) is 0 Å². The van der Waals surface area contributed by atoms with E-state index in [1.807, 2.05) is 6.92 Å². The van der Waals surface area contributed by atoms with Crippen molar-refractivity contribution < 1.29 is 52.5 Å². The van der Waals surface area contributed by atoms with Crippen LogP contribution in [0.2, 0.25) is 0 Å². The summed E-state index contributed by atoms with van der Waals surface area (Å²) >= 11 is 16.7. The second-order valence-corrected chi connectivity index (χ2v) is 12.6. The number of hydrogen-bond donors (Lipinski definition) is 3. The van der Waals surface area contributed by atoms with Gasteiger partial charge in [0.05, 0.1) is 13.7 Å². The highest BCUT2D eigenvalue weighted by Crippen LogP contribution is 2.25. The molecule has 0 saturated heterocycles. The smallest absolute Gasteiger partial charge is 0.408 e. The summed E-state index contributed by atoms with van der Waals surface area (Å²) in [6.45, 7) is 8.91. The van der Waals surface area contributed by atoms with Gasteiger partial charge in [-0.15, -0.1) is 0 Å². The molecule has 0 aliphatic carbocycles. The fourth-order valence-corrected chi connectivity index (χ4v) is 2.95. The number of ether oxygens (including phenoxy) is 5. The summed E-state index contributed by atoms with van der Waals surface area (Å²) in [6, 6.07) is -3.75. The molecule has 0 radical (unpaired) electrons. The average Bonchev–Trinajstić information content (AvgIpc) is 2.88. The molecule has 0 aromatic rings. The maximum Gasteiger partial charge on any atom is 0.408 e. The van der Waals surface area contributed by atoms with Crippen LogP contribution in [0.1, 0.15) is 60.8 Å². The quantitative estimate of drug-likeness (QED) is 0.0761. The summed E-state index contributed by atoms with van der Waals surface area (Å²) in [4.78, 5) is 74.2. The molecule has 0 spiro atoms. The fraction of sp³-hybridized carbons (Fsp3) is 0.692. The number of halogens is 3. The van der Waals surface area contributed by atoms with Gasteiger partial charge in [0.2, 0.25) is 15.8 Å². The third-order valence-corrected chi connectivity index (χ3v) is 5.19. The van der Waals surface area contributed by atoms with Gasteiger partial charge in [0.15, 0.2) is 0 Å². The molecule has 0 rings (SSSR count). The summed E-state index contributed by atoms with van der Waals surface area (Å²) < 4.78 is 23.0. The van der Waals surface area contributed by atoms with E-state index in [-0.39, 0.29) is 13.0 Å². The predicted octanol–water partition coefficient (Wildman–Crippen LogP) is 3.24. The van der Waals surface area contributed by atoms with Crippen LogP contribution in [0.4, 0.5) is 9.59 Å². The molecule has 0 heterocycles. The van der Waals surface area contributed by atoms with Crippen molar-refractivity contribution >= 4 is 70.8 Å². The number of unbranched alkanes of at least 4 members (excludes halogenated alkanes) is 1. The highest BCUT2D eigenvalue weighted by atomic mass is 35.6. The van der Waals surface area contributed by atoms with Crippen LogP contribution in [-0.2, 0) is 42.9 Å². The number of carbonyl (C=O) groups excluding carboxylic acids is 6. The summed E-state index contributed by atoms with van der Waals surface area (Å²) in [5.74, 6) is -3.47. The molecule has 0 saturated carbocycles. The molecular formula is C26H40Cl3N3O11. The van der Waals surface area contributed by atoms with E-state index in [4.69, 9.17) is 53.8 Å². The van der Waals surface area contributed by atoms with Gasteiger partial charge in [-0.05, 0) is 41.0 Å². The molecule has 0 unspecified atom stereocenters. The van der Waals surface area contributed by atoms with E-state index in [1.165, 1.54) is 19.9 Å². The van der Waals surface area contributed by atoms with Crippen LogP contribution in [0.3, 0.4) is 0 Å². The van der Waals surface area contributed by atoms with Crippen LogP contribution in [-0.4, -0.2) is 89.9 Å². The third kappa shape index (κ3) is 19.0. The van der Waals surface area contributed by atoms with E-state index in [1.54, 1.807) is 20.8 Å². The van der Waals surface area contributed by atoms with Crippen LogP contribution in [0.15, 0.2) is 12.2 Å². The van der Waals surface area contributed by atoms with Gasteiger partial charge in [-0.1, -0.05) is 60.3 Å². The number of esters is 3. The molecular weight excluding hydrogens is 637 g/mol. The number of hydrogen-bond acceptors (Lipinski definition) is 11. The van der Waals surface area contributed by atoms with Crippen LogP contribution >= 0.6 is 34.8 Å². The number of carbonyl (C=O) groups is 6. The Morgan fingerprint density at radius 2 is 1.44 bits per heavy atom. The Bertz CT molecular complexity index is 997. The summed E-state index contributed by atoms with van der Waals surface area (Å²) in [5.41, 5.74) is -0.816. The molecule has 4 atom stereocenters. The zero-order valence-corrected chi connectivity index (χ0v) is 27.4.